The van der Waals surface area contributed by atoms with E-state index in [1.165, 1.54) is 6.20 Å². The second kappa shape index (κ2) is 6.82. The van der Waals surface area contributed by atoms with Crippen LogP contribution < -0.4 is 5.32 Å². The first-order valence-corrected chi connectivity index (χ1v) is 7.63. The van der Waals surface area contributed by atoms with Gasteiger partial charge in [0, 0.05) is 17.4 Å². The number of ether oxygens (including phenoxy) is 1. The fourth-order valence-electron chi connectivity index (χ4n) is 2.16. The van der Waals surface area contributed by atoms with Crippen LogP contribution in [0, 0.1) is 13.8 Å². The fourth-order valence-corrected chi connectivity index (χ4v) is 2.16. The molecule has 1 N–H and O–H groups in total. The smallest absolute Gasteiger partial charge is 0.340 e. The Kier molecular flexibility index (Phi) is 5.02. The molecular weight excluding hydrogens is 308 g/mol. The Morgan fingerprint density at radius 3 is 2.46 bits per heavy atom. The lowest BCUT2D eigenvalue weighted by Gasteiger charge is -2.20. The first-order chi connectivity index (χ1) is 11.2. The van der Waals surface area contributed by atoms with Crippen LogP contribution in [0.2, 0.25) is 0 Å². The first-order valence-electron chi connectivity index (χ1n) is 7.63. The minimum absolute atomic E-state index is 0.281. The van der Waals surface area contributed by atoms with Crippen molar-refractivity contribution in [3.63, 3.8) is 0 Å². The van der Waals surface area contributed by atoms with E-state index in [4.69, 9.17) is 4.74 Å². The average Bonchev–Trinajstić information content (AvgIpc) is 2.82. The van der Waals surface area contributed by atoms with Gasteiger partial charge in [0.2, 0.25) is 0 Å². The summed E-state index contributed by atoms with van der Waals surface area (Å²) in [5.41, 5.74) is 1.76. The van der Waals surface area contributed by atoms with Crippen molar-refractivity contribution in [1.29, 1.82) is 0 Å². The number of hydrogen-bond acceptors (Lipinski definition) is 5. The van der Waals surface area contributed by atoms with Gasteiger partial charge in [-0.05, 0) is 52.8 Å². The number of hydrogen-bond donors (Lipinski definition) is 1. The summed E-state index contributed by atoms with van der Waals surface area (Å²) >= 11 is 0. The Hall–Kier alpha value is -2.70. The molecule has 0 radical (unpaired) electrons. The molecule has 0 bridgehead atoms. The van der Waals surface area contributed by atoms with E-state index in [1.807, 2.05) is 40.7 Å². The average molecular weight is 330 g/mol. The highest BCUT2D eigenvalue weighted by Gasteiger charge is 2.16. The van der Waals surface area contributed by atoms with Gasteiger partial charge in [0.1, 0.15) is 0 Å². The highest BCUT2D eigenvalue weighted by Crippen LogP contribution is 2.11. The summed E-state index contributed by atoms with van der Waals surface area (Å²) in [5.74, 6) is -0.322. The van der Waals surface area contributed by atoms with E-state index in [9.17, 15) is 9.59 Å². The molecule has 2 aromatic heterocycles. The molecule has 0 saturated heterocycles. The van der Waals surface area contributed by atoms with E-state index >= 15 is 0 Å². The molecule has 7 nitrogen and oxygen atoms in total. The van der Waals surface area contributed by atoms with Gasteiger partial charge in [0.15, 0.2) is 12.4 Å². The van der Waals surface area contributed by atoms with Gasteiger partial charge in [-0.1, -0.05) is 0 Å². The van der Waals surface area contributed by atoms with E-state index < -0.39 is 5.97 Å². The molecule has 0 spiro atoms. The third-order valence-electron chi connectivity index (χ3n) is 3.06. The number of amides is 1. The highest BCUT2D eigenvalue weighted by molar-refractivity contribution is 5.91. The Morgan fingerprint density at radius 1 is 1.25 bits per heavy atom. The Labute approximate surface area is 141 Å². The summed E-state index contributed by atoms with van der Waals surface area (Å²) in [4.78, 5) is 27.9. The summed E-state index contributed by atoms with van der Waals surface area (Å²) in [6.45, 7) is 9.07. The number of carbonyl (C=O) groups excluding carboxylic acids is 2. The summed E-state index contributed by atoms with van der Waals surface area (Å²) in [7, 11) is 0. The lowest BCUT2D eigenvalue weighted by atomic mass is 10.1. The lowest BCUT2D eigenvalue weighted by Crippen LogP contribution is -2.42. The predicted molar refractivity (Wildman–Crippen MR) is 89.0 cm³/mol. The fraction of sp³-hybridized carbons (Fsp3) is 0.412. The van der Waals surface area contributed by atoms with Crippen molar-refractivity contribution >= 4 is 11.9 Å². The van der Waals surface area contributed by atoms with E-state index in [2.05, 4.69) is 15.4 Å². The van der Waals surface area contributed by atoms with Gasteiger partial charge in [-0.15, -0.1) is 0 Å². The summed E-state index contributed by atoms with van der Waals surface area (Å²) in [5, 5.41) is 7.06. The molecule has 1 amide bonds. The normalized spacial score (nSPS) is 11.2. The van der Waals surface area contributed by atoms with E-state index in [-0.39, 0.29) is 23.6 Å². The van der Waals surface area contributed by atoms with Crippen LogP contribution in [0.25, 0.3) is 5.82 Å². The van der Waals surface area contributed by atoms with Crippen molar-refractivity contribution in [1.82, 2.24) is 20.1 Å². The van der Waals surface area contributed by atoms with Crippen molar-refractivity contribution in [3.05, 3.63) is 41.3 Å². The van der Waals surface area contributed by atoms with Crippen molar-refractivity contribution in [2.45, 2.75) is 40.2 Å². The van der Waals surface area contributed by atoms with Crippen LogP contribution in [0.3, 0.4) is 0 Å². The van der Waals surface area contributed by atoms with Crippen LogP contribution in [-0.2, 0) is 9.53 Å². The molecule has 24 heavy (non-hydrogen) atoms. The molecule has 2 rings (SSSR count). The number of carbonyl (C=O) groups is 2. The van der Waals surface area contributed by atoms with Crippen molar-refractivity contribution in [2.24, 2.45) is 0 Å². The zero-order chi connectivity index (χ0) is 17.9. The topological polar surface area (TPSA) is 86.1 Å². The van der Waals surface area contributed by atoms with Crippen LogP contribution in [0.5, 0.6) is 0 Å². The second-order valence-electron chi connectivity index (χ2n) is 6.62. The number of nitrogens with zero attached hydrogens (tertiary/aromatic N) is 3. The van der Waals surface area contributed by atoms with Crippen molar-refractivity contribution in [2.75, 3.05) is 6.61 Å². The molecule has 0 unspecified atom stereocenters. The van der Waals surface area contributed by atoms with Gasteiger partial charge in [-0.3, -0.25) is 4.79 Å². The number of aromatic nitrogens is 3. The quantitative estimate of drug-likeness (QED) is 0.866. The largest absolute Gasteiger partial charge is 0.452 e. The molecule has 2 heterocycles. The van der Waals surface area contributed by atoms with Crippen LogP contribution in [0.15, 0.2) is 24.4 Å². The monoisotopic (exact) mass is 330 g/mol. The van der Waals surface area contributed by atoms with Gasteiger partial charge < -0.3 is 10.1 Å². The maximum Gasteiger partial charge on any atom is 0.340 e. The number of nitrogens with one attached hydrogen (secondary N) is 1. The maximum atomic E-state index is 12.0. The minimum Gasteiger partial charge on any atom is -0.452 e. The second-order valence-corrected chi connectivity index (χ2v) is 6.62. The van der Waals surface area contributed by atoms with Crippen molar-refractivity contribution < 1.29 is 14.3 Å². The van der Waals surface area contributed by atoms with Gasteiger partial charge in [0.05, 0.1) is 11.3 Å². The molecule has 0 fully saturated rings. The number of esters is 1. The summed E-state index contributed by atoms with van der Waals surface area (Å²) < 4.78 is 6.69. The number of rotatable bonds is 4. The molecule has 2 aromatic rings. The van der Waals surface area contributed by atoms with Gasteiger partial charge >= 0.3 is 5.97 Å². The maximum absolute atomic E-state index is 12.0. The van der Waals surface area contributed by atoms with Crippen LogP contribution >= 0.6 is 0 Å². The molecule has 0 aromatic carbocycles. The van der Waals surface area contributed by atoms with Gasteiger partial charge in [-0.2, -0.15) is 5.10 Å². The molecular formula is C17H22N4O3. The minimum atomic E-state index is -0.591. The van der Waals surface area contributed by atoms with Gasteiger partial charge in [-0.25, -0.2) is 14.5 Å². The molecule has 0 atom stereocenters. The Morgan fingerprint density at radius 2 is 1.96 bits per heavy atom. The molecule has 0 aliphatic carbocycles. The number of pyridine rings is 1. The summed E-state index contributed by atoms with van der Waals surface area (Å²) in [6.07, 6.45) is 1.41. The SMILES string of the molecule is Cc1cc(C)n(-c2ccc(C(=O)OCC(=O)NC(C)(C)C)cn2)n1. The Balaban J connectivity index is 1.99. The Bertz CT molecular complexity index is 742. The first kappa shape index (κ1) is 17.7. The standard InChI is InChI=1S/C17H22N4O3/c1-11-8-12(2)21(20-11)14-7-6-13(9-18-14)16(23)24-10-15(22)19-17(3,4)5/h6-9H,10H2,1-5H3,(H,19,22). The lowest BCUT2D eigenvalue weighted by molar-refractivity contribution is -0.125. The zero-order valence-corrected chi connectivity index (χ0v) is 14.6. The molecule has 0 aliphatic heterocycles. The van der Waals surface area contributed by atoms with E-state index in [0.29, 0.717) is 5.82 Å². The number of aryl methyl sites for hydroxylation is 2. The molecule has 7 heteroatoms. The highest BCUT2D eigenvalue weighted by atomic mass is 16.5. The van der Waals surface area contributed by atoms with Crippen LogP contribution in [-0.4, -0.2) is 38.8 Å². The van der Waals surface area contributed by atoms with E-state index in [1.54, 1.807) is 16.8 Å². The molecule has 0 aliphatic rings. The predicted octanol–water partition coefficient (Wildman–Crippen LogP) is 1.96. The van der Waals surface area contributed by atoms with Gasteiger partial charge in [0.25, 0.3) is 5.91 Å². The van der Waals surface area contributed by atoms with E-state index in [0.717, 1.165) is 11.4 Å². The van der Waals surface area contributed by atoms with Crippen molar-refractivity contribution in [3.8, 4) is 5.82 Å². The van der Waals surface area contributed by atoms with Crippen LogP contribution in [0.4, 0.5) is 0 Å². The molecule has 0 saturated carbocycles. The third-order valence-corrected chi connectivity index (χ3v) is 3.06. The van der Waals surface area contributed by atoms with Crippen LogP contribution in [0.1, 0.15) is 42.5 Å². The summed E-state index contributed by atoms with van der Waals surface area (Å²) in [6, 6.07) is 5.23. The third kappa shape index (κ3) is 4.65. The zero-order valence-electron chi connectivity index (χ0n) is 14.6. The molecule has 128 valence electrons.